The molecule has 19 heavy (non-hydrogen) atoms. The molecular formula is C12H18N2O3S2. The first-order chi connectivity index (χ1) is 8.88. The van der Waals surface area contributed by atoms with Gasteiger partial charge in [0.15, 0.2) is 0 Å². The van der Waals surface area contributed by atoms with Crippen molar-refractivity contribution in [1.82, 2.24) is 0 Å². The standard InChI is InChI=1S/C12H18N2O3S2/c1-3-17-8-9-19(15,16)14(2)11-6-4-10(5-7-11)12(13)18/h4-7H,3,8-9H2,1-2H3,(H2,13,18). The van der Waals surface area contributed by atoms with Crippen LogP contribution in [-0.4, -0.2) is 39.4 Å². The van der Waals surface area contributed by atoms with E-state index in [1.807, 2.05) is 6.92 Å². The molecule has 0 spiro atoms. The molecule has 0 radical (unpaired) electrons. The van der Waals surface area contributed by atoms with E-state index in [9.17, 15) is 8.42 Å². The molecule has 0 aliphatic heterocycles. The fraction of sp³-hybridized carbons (Fsp3) is 0.417. The van der Waals surface area contributed by atoms with Gasteiger partial charge in [-0.05, 0) is 31.2 Å². The van der Waals surface area contributed by atoms with Gasteiger partial charge in [-0.1, -0.05) is 12.2 Å². The highest BCUT2D eigenvalue weighted by Gasteiger charge is 2.18. The normalized spacial score (nSPS) is 11.3. The van der Waals surface area contributed by atoms with Gasteiger partial charge in [-0.15, -0.1) is 0 Å². The second-order valence-corrected chi connectivity index (χ2v) is 6.45. The van der Waals surface area contributed by atoms with Crippen LogP contribution in [0.15, 0.2) is 24.3 Å². The highest BCUT2D eigenvalue weighted by atomic mass is 32.2. The molecule has 1 aromatic carbocycles. The number of anilines is 1. The molecule has 106 valence electrons. The van der Waals surface area contributed by atoms with E-state index in [4.69, 9.17) is 22.7 Å². The molecule has 0 heterocycles. The Bertz CT molecular complexity index is 526. The second kappa shape index (κ2) is 6.83. The highest BCUT2D eigenvalue weighted by molar-refractivity contribution is 7.92. The third kappa shape index (κ3) is 4.45. The third-order valence-electron chi connectivity index (χ3n) is 2.62. The largest absolute Gasteiger partial charge is 0.389 e. The summed E-state index contributed by atoms with van der Waals surface area (Å²) in [6.07, 6.45) is 0. The zero-order valence-electron chi connectivity index (χ0n) is 11.0. The van der Waals surface area contributed by atoms with Crippen molar-refractivity contribution >= 4 is 32.9 Å². The van der Waals surface area contributed by atoms with E-state index < -0.39 is 10.0 Å². The molecule has 0 unspecified atom stereocenters. The summed E-state index contributed by atoms with van der Waals surface area (Å²) < 4.78 is 30.3. The first-order valence-corrected chi connectivity index (χ1v) is 7.84. The lowest BCUT2D eigenvalue weighted by Crippen LogP contribution is -2.30. The average molecular weight is 302 g/mol. The summed E-state index contributed by atoms with van der Waals surface area (Å²) in [7, 11) is -1.86. The second-order valence-electron chi connectivity index (χ2n) is 3.89. The van der Waals surface area contributed by atoms with Crippen LogP contribution in [0.3, 0.4) is 0 Å². The first kappa shape index (κ1) is 15.9. The summed E-state index contributed by atoms with van der Waals surface area (Å²) in [5.74, 6) is -0.0472. The van der Waals surface area contributed by atoms with Crippen molar-refractivity contribution in [2.75, 3.05) is 30.3 Å². The number of hydrogen-bond donors (Lipinski definition) is 1. The minimum Gasteiger partial charge on any atom is -0.389 e. The monoisotopic (exact) mass is 302 g/mol. The summed E-state index contributed by atoms with van der Waals surface area (Å²) in [4.78, 5) is 0.286. The minimum absolute atomic E-state index is 0.0472. The van der Waals surface area contributed by atoms with E-state index in [0.717, 1.165) is 0 Å². The molecule has 2 N–H and O–H groups in total. The Hall–Kier alpha value is -1.18. The molecular weight excluding hydrogens is 284 g/mol. The molecule has 0 aliphatic rings. The van der Waals surface area contributed by atoms with E-state index >= 15 is 0 Å². The van der Waals surface area contributed by atoms with Crippen molar-refractivity contribution in [2.24, 2.45) is 5.73 Å². The van der Waals surface area contributed by atoms with E-state index in [2.05, 4.69) is 0 Å². The van der Waals surface area contributed by atoms with Crippen molar-refractivity contribution in [1.29, 1.82) is 0 Å². The highest BCUT2D eigenvalue weighted by Crippen LogP contribution is 2.17. The van der Waals surface area contributed by atoms with Crippen molar-refractivity contribution in [2.45, 2.75) is 6.92 Å². The summed E-state index contributed by atoms with van der Waals surface area (Å²) in [6, 6.07) is 6.75. The number of ether oxygens (including phenoxy) is 1. The molecule has 0 aromatic heterocycles. The molecule has 0 amide bonds. The van der Waals surface area contributed by atoms with Gasteiger partial charge >= 0.3 is 0 Å². The van der Waals surface area contributed by atoms with E-state index in [-0.39, 0.29) is 17.3 Å². The lowest BCUT2D eigenvalue weighted by molar-refractivity contribution is 0.163. The van der Waals surface area contributed by atoms with Gasteiger partial charge in [-0.25, -0.2) is 8.42 Å². The first-order valence-electron chi connectivity index (χ1n) is 5.82. The maximum absolute atomic E-state index is 12.0. The minimum atomic E-state index is -3.37. The van der Waals surface area contributed by atoms with Crippen LogP contribution < -0.4 is 10.0 Å². The number of benzene rings is 1. The van der Waals surface area contributed by atoms with E-state index in [1.54, 1.807) is 24.3 Å². The van der Waals surface area contributed by atoms with Gasteiger partial charge in [-0.2, -0.15) is 0 Å². The zero-order chi connectivity index (χ0) is 14.5. The van der Waals surface area contributed by atoms with Gasteiger partial charge in [0.1, 0.15) is 4.99 Å². The maximum Gasteiger partial charge on any atom is 0.237 e. The zero-order valence-corrected chi connectivity index (χ0v) is 12.6. The maximum atomic E-state index is 12.0. The van der Waals surface area contributed by atoms with Gasteiger partial charge < -0.3 is 10.5 Å². The molecule has 7 heteroatoms. The topological polar surface area (TPSA) is 72.6 Å². The molecule has 0 atom stereocenters. The fourth-order valence-electron chi connectivity index (χ4n) is 1.44. The fourth-order valence-corrected chi connectivity index (χ4v) is 2.62. The van der Waals surface area contributed by atoms with Crippen LogP contribution in [0.5, 0.6) is 0 Å². The number of nitrogens with zero attached hydrogens (tertiary/aromatic N) is 1. The molecule has 0 saturated heterocycles. The number of hydrogen-bond acceptors (Lipinski definition) is 4. The van der Waals surface area contributed by atoms with Gasteiger partial charge in [0.05, 0.1) is 18.0 Å². The molecule has 0 aliphatic carbocycles. The Labute approximate surface area is 119 Å². The molecule has 5 nitrogen and oxygen atoms in total. The Morgan fingerprint density at radius 2 is 1.95 bits per heavy atom. The number of nitrogens with two attached hydrogens (primary N) is 1. The molecule has 0 fully saturated rings. The molecule has 0 saturated carbocycles. The molecule has 0 bridgehead atoms. The van der Waals surface area contributed by atoms with Crippen LogP contribution >= 0.6 is 12.2 Å². The van der Waals surface area contributed by atoms with Crippen LogP contribution in [0, 0.1) is 0 Å². The predicted octanol–water partition coefficient (Wildman–Crippen LogP) is 1.12. The Kier molecular flexibility index (Phi) is 5.71. The Morgan fingerprint density at radius 1 is 1.37 bits per heavy atom. The lowest BCUT2D eigenvalue weighted by Gasteiger charge is -2.19. The summed E-state index contributed by atoms with van der Waals surface area (Å²) in [5, 5.41) is 0. The number of rotatable bonds is 7. The quantitative estimate of drug-likeness (QED) is 0.604. The van der Waals surface area contributed by atoms with Crippen molar-refractivity contribution in [3.05, 3.63) is 29.8 Å². The number of sulfonamides is 1. The average Bonchev–Trinajstić information content (AvgIpc) is 2.38. The summed E-state index contributed by atoms with van der Waals surface area (Å²) >= 11 is 4.84. The lowest BCUT2D eigenvalue weighted by atomic mass is 10.2. The summed E-state index contributed by atoms with van der Waals surface area (Å²) in [6.45, 7) is 2.51. The summed E-state index contributed by atoms with van der Waals surface area (Å²) in [5.41, 5.74) is 6.76. The van der Waals surface area contributed by atoms with Gasteiger partial charge in [0.2, 0.25) is 10.0 Å². The molecule has 1 rings (SSSR count). The van der Waals surface area contributed by atoms with Gasteiger partial charge in [0, 0.05) is 19.2 Å². The third-order valence-corrected chi connectivity index (χ3v) is 4.59. The van der Waals surface area contributed by atoms with E-state index in [1.165, 1.54) is 11.4 Å². The van der Waals surface area contributed by atoms with Crippen LogP contribution in [0.25, 0.3) is 0 Å². The Balaban J connectivity index is 2.81. The molecule has 1 aromatic rings. The van der Waals surface area contributed by atoms with Crippen LogP contribution in [0.2, 0.25) is 0 Å². The van der Waals surface area contributed by atoms with E-state index in [0.29, 0.717) is 17.9 Å². The smallest absolute Gasteiger partial charge is 0.237 e. The SMILES string of the molecule is CCOCCS(=O)(=O)N(C)c1ccc(C(N)=S)cc1. The van der Waals surface area contributed by atoms with Gasteiger partial charge in [-0.3, -0.25) is 4.31 Å². The van der Waals surface area contributed by atoms with Crippen molar-refractivity contribution < 1.29 is 13.2 Å². The number of thiocarbonyl (C=S) groups is 1. The van der Waals surface area contributed by atoms with Crippen LogP contribution in [0.4, 0.5) is 5.69 Å². The predicted molar refractivity (Wildman–Crippen MR) is 81.0 cm³/mol. The Morgan fingerprint density at radius 3 is 2.42 bits per heavy atom. The van der Waals surface area contributed by atoms with Gasteiger partial charge in [0.25, 0.3) is 0 Å². The van der Waals surface area contributed by atoms with Crippen molar-refractivity contribution in [3.8, 4) is 0 Å². The van der Waals surface area contributed by atoms with Crippen LogP contribution in [0.1, 0.15) is 12.5 Å². The van der Waals surface area contributed by atoms with Crippen LogP contribution in [-0.2, 0) is 14.8 Å². The van der Waals surface area contributed by atoms with Crippen molar-refractivity contribution in [3.63, 3.8) is 0 Å².